The van der Waals surface area contributed by atoms with Gasteiger partial charge in [0.1, 0.15) is 17.9 Å². The lowest BCUT2D eigenvalue weighted by molar-refractivity contribution is -0.138. The molecule has 1 atom stereocenters. The lowest BCUT2D eigenvalue weighted by Crippen LogP contribution is -2.42. The van der Waals surface area contributed by atoms with E-state index in [-0.39, 0.29) is 18.2 Å². The van der Waals surface area contributed by atoms with Crippen LogP contribution in [0.25, 0.3) is 0 Å². The second kappa shape index (κ2) is 7.41. The topological polar surface area (TPSA) is 104 Å². The Morgan fingerprint density at radius 1 is 1.14 bits per heavy atom. The Kier molecular flexibility index (Phi) is 4.81. The van der Waals surface area contributed by atoms with Crippen LogP contribution in [0.15, 0.2) is 41.8 Å². The maximum absolute atomic E-state index is 12.9. The van der Waals surface area contributed by atoms with Crippen molar-refractivity contribution in [3.05, 3.63) is 42.5 Å². The summed E-state index contributed by atoms with van der Waals surface area (Å²) in [6.07, 6.45) is 3.39. The number of anilines is 1. The Morgan fingerprint density at radius 3 is 2.46 bits per heavy atom. The SMILES string of the molecule is Cn1cnnc1C1CCN(C(=O)C2=NN(c3ccccc3)C(C(=O)O)C2)CC1. The van der Waals surface area contributed by atoms with Crippen molar-refractivity contribution in [3.8, 4) is 0 Å². The van der Waals surface area contributed by atoms with Crippen molar-refractivity contribution in [2.45, 2.75) is 31.2 Å². The third kappa shape index (κ3) is 3.35. The van der Waals surface area contributed by atoms with Crippen LogP contribution in [0.2, 0.25) is 0 Å². The minimum atomic E-state index is -0.989. The second-order valence-corrected chi connectivity index (χ2v) is 7.15. The molecule has 3 heterocycles. The zero-order chi connectivity index (χ0) is 19.7. The number of piperidine rings is 1. The number of aliphatic carboxylic acids is 1. The number of carbonyl (C=O) groups excluding carboxylic acids is 1. The third-order valence-corrected chi connectivity index (χ3v) is 5.36. The summed E-state index contributed by atoms with van der Waals surface area (Å²) in [5, 5.41) is 23.5. The third-order valence-electron chi connectivity index (χ3n) is 5.36. The number of likely N-dealkylation sites (tertiary alicyclic amines) is 1. The van der Waals surface area contributed by atoms with Crippen LogP contribution in [0.3, 0.4) is 0 Å². The molecular weight excluding hydrogens is 360 g/mol. The van der Waals surface area contributed by atoms with Crippen LogP contribution in [0.5, 0.6) is 0 Å². The maximum Gasteiger partial charge on any atom is 0.328 e. The maximum atomic E-state index is 12.9. The van der Waals surface area contributed by atoms with Crippen molar-refractivity contribution in [1.82, 2.24) is 19.7 Å². The molecule has 0 aliphatic carbocycles. The Labute approximate surface area is 162 Å². The first-order chi connectivity index (χ1) is 13.5. The van der Waals surface area contributed by atoms with Crippen molar-refractivity contribution < 1.29 is 14.7 Å². The average Bonchev–Trinajstić information content (AvgIpc) is 3.35. The molecule has 1 fully saturated rings. The first kappa shape index (κ1) is 18.1. The van der Waals surface area contributed by atoms with Gasteiger partial charge in [-0.2, -0.15) is 5.10 Å². The highest BCUT2D eigenvalue weighted by Crippen LogP contribution is 2.28. The number of hydrazone groups is 1. The lowest BCUT2D eigenvalue weighted by atomic mass is 9.95. The quantitative estimate of drug-likeness (QED) is 0.853. The van der Waals surface area contributed by atoms with E-state index in [4.69, 9.17) is 0 Å². The van der Waals surface area contributed by atoms with E-state index >= 15 is 0 Å². The molecule has 28 heavy (non-hydrogen) atoms. The molecule has 0 saturated carbocycles. The second-order valence-electron chi connectivity index (χ2n) is 7.15. The number of carbonyl (C=O) groups is 2. The molecule has 1 unspecified atom stereocenters. The molecular formula is C19H22N6O3. The summed E-state index contributed by atoms with van der Waals surface area (Å²) in [4.78, 5) is 26.4. The molecule has 0 bridgehead atoms. The Morgan fingerprint density at radius 2 is 1.86 bits per heavy atom. The van der Waals surface area contributed by atoms with E-state index in [1.807, 2.05) is 29.8 Å². The number of nitrogens with zero attached hydrogens (tertiary/aromatic N) is 6. The molecule has 2 aromatic rings. The van der Waals surface area contributed by atoms with Crippen LogP contribution in [-0.2, 0) is 16.6 Å². The van der Waals surface area contributed by atoms with Gasteiger partial charge in [-0.15, -0.1) is 10.2 Å². The fourth-order valence-corrected chi connectivity index (χ4v) is 3.84. The van der Waals surface area contributed by atoms with E-state index in [0.717, 1.165) is 18.7 Å². The van der Waals surface area contributed by atoms with Crippen molar-refractivity contribution in [2.24, 2.45) is 12.1 Å². The number of hydrogen-bond donors (Lipinski definition) is 1. The summed E-state index contributed by atoms with van der Waals surface area (Å²) >= 11 is 0. The van der Waals surface area contributed by atoms with Crippen LogP contribution in [-0.4, -0.2) is 61.5 Å². The number of aromatic nitrogens is 3. The van der Waals surface area contributed by atoms with Gasteiger partial charge in [0.15, 0.2) is 6.04 Å². The molecule has 9 nitrogen and oxygen atoms in total. The highest BCUT2D eigenvalue weighted by Gasteiger charge is 2.38. The lowest BCUT2D eigenvalue weighted by Gasteiger charge is -2.31. The van der Waals surface area contributed by atoms with Gasteiger partial charge in [-0.3, -0.25) is 9.80 Å². The number of para-hydroxylation sites is 1. The zero-order valence-electron chi connectivity index (χ0n) is 15.6. The molecule has 0 spiro atoms. The Hall–Kier alpha value is -3.23. The van der Waals surface area contributed by atoms with Gasteiger partial charge in [-0.1, -0.05) is 18.2 Å². The molecule has 1 aromatic carbocycles. The first-order valence-corrected chi connectivity index (χ1v) is 9.32. The molecule has 1 aromatic heterocycles. The summed E-state index contributed by atoms with van der Waals surface area (Å²) in [5.74, 6) is 0.0404. The van der Waals surface area contributed by atoms with Crippen LogP contribution in [0.1, 0.15) is 31.0 Å². The minimum absolute atomic E-state index is 0.103. The highest BCUT2D eigenvalue weighted by molar-refractivity contribution is 6.40. The van der Waals surface area contributed by atoms with Crippen molar-refractivity contribution in [3.63, 3.8) is 0 Å². The molecule has 146 valence electrons. The Balaban J connectivity index is 1.46. The number of hydrogen-bond acceptors (Lipinski definition) is 6. The summed E-state index contributed by atoms with van der Waals surface area (Å²) in [6.45, 7) is 1.19. The number of carboxylic acids is 1. The molecule has 1 N–H and O–H groups in total. The predicted molar refractivity (Wildman–Crippen MR) is 102 cm³/mol. The van der Waals surface area contributed by atoms with Crippen molar-refractivity contribution in [2.75, 3.05) is 18.1 Å². The summed E-state index contributed by atoms with van der Waals surface area (Å²) in [6, 6.07) is 8.21. The van der Waals surface area contributed by atoms with Gasteiger partial charge in [0.25, 0.3) is 5.91 Å². The molecule has 9 heteroatoms. The summed E-state index contributed by atoms with van der Waals surface area (Å²) in [5.41, 5.74) is 0.965. The van der Waals surface area contributed by atoms with Gasteiger partial charge < -0.3 is 14.6 Å². The van der Waals surface area contributed by atoms with Gasteiger partial charge in [0, 0.05) is 32.5 Å². The number of carboxylic acid groups (broad SMARTS) is 1. The number of rotatable bonds is 4. The summed E-state index contributed by atoms with van der Waals surface area (Å²) < 4.78 is 1.92. The van der Waals surface area contributed by atoms with Crippen LogP contribution in [0.4, 0.5) is 5.69 Å². The fraction of sp³-hybridized carbons (Fsp3) is 0.421. The molecule has 0 radical (unpaired) electrons. The van der Waals surface area contributed by atoms with E-state index in [9.17, 15) is 14.7 Å². The van der Waals surface area contributed by atoms with Crippen LogP contribution >= 0.6 is 0 Å². The van der Waals surface area contributed by atoms with E-state index in [2.05, 4.69) is 15.3 Å². The minimum Gasteiger partial charge on any atom is -0.480 e. The smallest absolute Gasteiger partial charge is 0.328 e. The summed E-state index contributed by atoms with van der Waals surface area (Å²) in [7, 11) is 1.92. The number of benzene rings is 1. The van der Waals surface area contributed by atoms with E-state index in [1.54, 1.807) is 23.4 Å². The molecule has 1 saturated heterocycles. The van der Waals surface area contributed by atoms with Gasteiger partial charge in [0.2, 0.25) is 0 Å². The molecule has 2 aliphatic rings. The molecule has 1 amide bonds. The zero-order valence-corrected chi connectivity index (χ0v) is 15.6. The first-order valence-electron chi connectivity index (χ1n) is 9.32. The monoisotopic (exact) mass is 382 g/mol. The molecule has 4 rings (SSSR count). The van der Waals surface area contributed by atoms with Gasteiger partial charge in [0.05, 0.1) is 5.69 Å². The van der Waals surface area contributed by atoms with Crippen molar-refractivity contribution >= 4 is 23.3 Å². The van der Waals surface area contributed by atoms with Gasteiger partial charge in [-0.05, 0) is 25.0 Å². The van der Waals surface area contributed by atoms with Crippen LogP contribution < -0.4 is 5.01 Å². The molecule has 2 aliphatic heterocycles. The average molecular weight is 382 g/mol. The van der Waals surface area contributed by atoms with Crippen molar-refractivity contribution in [1.29, 1.82) is 0 Å². The van der Waals surface area contributed by atoms with Gasteiger partial charge in [-0.25, -0.2) is 4.79 Å². The van der Waals surface area contributed by atoms with E-state index in [0.29, 0.717) is 24.5 Å². The highest BCUT2D eigenvalue weighted by atomic mass is 16.4. The predicted octanol–water partition coefficient (Wildman–Crippen LogP) is 1.24. The fourth-order valence-electron chi connectivity index (χ4n) is 3.84. The van der Waals surface area contributed by atoms with Gasteiger partial charge >= 0.3 is 5.97 Å². The van der Waals surface area contributed by atoms with E-state index < -0.39 is 12.0 Å². The largest absolute Gasteiger partial charge is 0.480 e. The standard InChI is InChI=1S/C19H22N6O3/c1-23-12-20-21-17(23)13-7-9-24(10-8-13)18(26)15-11-16(19(27)28)25(22-15)14-5-3-2-4-6-14/h2-6,12-13,16H,7-11H2,1H3,(H,27,28). The number of amides is 1. The Bertz CT molecular complexity index is 901. The van der Waals surface area contributed by atoms with Crippen LogP contribution in [0, 0.1) is 0 Å². The number of aryl methyl sites for hydroxylation is 1. The normalized spacial score (nSPS) is 20.3. The van der Waals surface area contributed by atoms with E-state index in [1.165, 1.54) is 5.01 Å².